The second kappa shape index (κ2) is 6.87. The number of hydrogen-bond acceptors (Lipinski definition) is 2. The van der Waals surface area contributed by atoms with Gasteiger partial charge in [0, 0.05) is 26.8 Å². The first-order chi connectivity index (χ1) is 7.77. The van der Waals surface area contributed by atoms with Gasteiger partial charge < -0.3 is 10.2 Å². The van der Waals surface area contributed by atoms with Crippen molar-refractivity contribution in [2.45, 2.75) is 26.3 Å². The molecular weight excluding hydrogens is 202 g/mol. The molecule has 0 saturated heterocycles. The number of nitrogens with one attached hydrogen (secondary N) is 2. The summed E-state index contributed by atoms with van der Waals surface area (Å²) in [5.74, 6) is 0.919. The Hall–Kier alpha value is -1.52. The van der Waals surface area contributed by atoms with E-state index < -0.39 is 0 Å². The maximum atomic E-state index is 4.24. The van der Waals surface area contributed by atoms with Crippen LogP contribution in [0.2, 0.25) is 0 Å². The molecule has 0 aromatic carbocycles. The lowest BCUT2D eigenvalue weighted by Gasteiger charge is -2.21. The molecule has 90 valence electrons. The summed E-state index contributed by atoms with van der Waals surface area (Å²) in [6.07, 6.45) is 4.13. The second-order valence-electron chi connectivity index (χ2n) is 3.76. The van der Waals surface area contributed by atoms with E-state index in [9.17, 15) is 0 Å². The molecule has 0 radical (unpaired) electrons. The molecule has 5 heteroatoms. The van der Waals surface area contributed by atoms with E-state index in [4.69, 9.17) is 0 Å². The molecule has 1 aromatic rings. The van der Waals surface area contributed by atoms with Crippen molar-refractivity contribution in [1.82, 2.24) is 20.4 Å². The van der Waals surface area contributed by atoms with E-state index in [-0.39, 0.29) is 0 Å². The Morgan fingerprint density at radius 1 is 1.62 bits per heavy atom. The van der Waals surface area contributed by atoms with Crippen molar-refractivity contribution < 1.29 is 0 Å². The molecule has 0 spiro atoms. The van der Waals surface area contributed by atoms with Gasteiger partial charge in [-0.3, -0.25) is 10.1 Å². The van der Waals surface area contributed by atoms with Crippen LogP contribution in [0.4, 0.5) is 0 Å². The highest BCUT2D eigenvalue weighted by Crippen LogP contribution is 1.95. The van der Waals surface area contributed by atoms with Gasteiger partial charge in [0.05, 0.1) is 12.2 Å². The lowest BCUT2D eigenvalue weighted by Crippen LogP contribution is -2.39. The maximum Gasteiger partial charge on any atom is 0.193 e. The molecular formula is C11H21N5. The first-order valence-corrected chi connectivity index (χ1v) is 5.68. The van der Waals surface area contributed by atoms with Crippen LogP contribution in [0.5, 0.6) is 0 Å². The van der Waals surface area contributed by atoms with E-state index >= 15 is 0 Å². The van der Waals surface area contributed by atoms with Crippen LogP contribution in [0.15, 0.2) is 17.3 Å². The van der Waals surface area contributed by atoms with Crippen molar-refractivity contribution >= 4 is 5.96 Å². The van der Waals surface area contributed by atoms with Gasteiger partial charge >= 0.3 is 0 Å². The fourth-order valence-electron chi connectivity index (χ4n) is 1.44. The number of rotatable bonds is 5. The summed E-state index contributed by atoms with van der Waals surface area (Å²) in [6.45, 7) is 3.94. The van der Waals surface area contributed by atoms with Crippen molar-refractivity contribution in [2.24, 2.45) is 4.99 Å². The fraction of sp³-hybridized carbons (Fsp3) is 0.636. The summed E-state index contributed by atoms with van der Waals surface area (Å²) in [5.41, 5.74) is 1.06. The van der Waals surface area contributed by atoms with Crippen LogP contribution >= 0.6 is 0 Å². The number of unbranched alkanes of at least 4 members (excludes halogenated alkanes) is 1. The number of aromatic nitrogens is 2. The van der Waals surface area contributed by atoms with Crippen molar-refractivity contribution in [3.05, 3.63) is 18.0 Å². The molecule has 5 nitrogen and oxygen atoms in total. The van der Waals surface area contributed by atoms with E-state index in [1.165, 1.54) is 12.8 Å². The summed E-state index contributed by atoms with van der Waals surface area (Å²) in [5, 5.41) is 10.1. The van der Waals surface area contributed by atoms with Crippen LogP contribution in [0.1, 0.15) is 25.5 Å². The standard InChI is InChI=1S/C11H21N5/c1-4-5-8-16(3)11(12-2)13-9-10-6-7-14-15-10/h6-7H,4-5,8-9H2,1-3H3,(H,12,13)(H,14,15). The van der Waals surface area contributed by atoms with E-state index in [0.717, 1.165) is 24.7 Å². The Bertz CT molecular complexity index is 304. The van der Waals surface area contributed by atoms with Gasteiger partial charge in [0.2, 0.25) is 0 Å². The Morgan fingerprint density at radius 3 is 3.00 bits per heavy atom. The summed E-state index contributed by atoms with van der Waals surface area (Å²) in [6, 6.07) is 1.95. The van der Waals surface area contributed by atoms with Gasteiger partial charge in [-0.05, 0) is 12.5 Å². The summed E-state index contributed by atoms with van der Waals surface area (Å²) in [7, 11) is 3.86. The Balaban J connectivity index is 2.37. The topological polar surface area (TPSA) is 56.3 Å². The van der Waals surface area contributed by atoms with E-state index in [1.807, 2.05) is 6.07 Å². The van der Waals surface area contributed by atoms with E-state index in [1.54, 1.807) is 13.2 Å². The predicted octanol–water partition coefficient (Wildman–Crippen LogP) is 1.22. The zero-order chi connectivity index (χ0) is 11.8. The van der Waals surface area contributed by atoms with Crippen molar-refractivity contribution in [3.8, 4) is 0 Å². The Kier molecular flexibility index (Phi) is 5.39. The molecule has 0 bridgehead atoms. The molecule has 0 atom stereocenters. The SMILES string of the molecule is CCCCN(C)C(=NC)NCc1ccn[nH]1. The van der Waals surface area contributed by atoms with Gasteiger partial charge in [-0.1, -0.05) is 13.3 Å². The van der Waals surface area contributed by atoms with Crippen LogP contribution < -0.4 is 5.32 Å². The minimum atomic E-state index is 0.725. The van der Waals surface area contributed by atoms with Gasteiger partial charge in [-0.25, -0.2) is 0 Å². The predicted molar refractivity (Wildman–Crippen MR) is 66.3 cm³/mol. The number of H-pyrrole nitrogens is 1. The zero-order valence-electron chi connectivity index (χ0n) is 10.3. The van der Waals surface area contributed by atoms with Crippen LogP contribution in [0, 0.1) is 0 Å². The van der Waals surface area contributed by atoms with Gasteiger partial charge in [0.25, 0.3) is 0 Å². The minimum Gasteiger partial charge on any atom is -0.351 e. The summed E-state index contributed by atoms with van der Waals surface area (Å²) >= 11 is 0. The molecule has 0 aliphatic rings. The van der Waals surface area contributed by atoms with Crippen LogP contribution in [-0.4, -0.2) is 41.7 Å². The third kappa shape index (κ3) is 3.92. The largest absolute Gasteiger partial charge is 0.351 e. The van der Waals surface area contributed by atoms with Crippen molar-refractivity contribution in [2.75, 3.05) is 20.6 Å². The molecule has 0 amide bonds. The highest BCUT2D eigenvalue weighted by Gasteiger charge is 2.04. The number of aromatic amines is 1. The number of guanidine groups is 1. The minimum absolute atomic E-state index is 0.725. The number of hydrogen-bond donors (Lipinski definition) is 2. The molecule has 2 N–H and O–H groups in total. The zero-order valence-corrected chi connectivity index (χ0v) is 10.3. The van der Waals surface area contributed by atoms with Gasteiger partial charge in [-0.2, -0.15) is 5.10 Å². The molecule has 16 heavy (non-hydrogen) atoms. The molecule has 0 unspecified atom stereocenters. The van der Waals surface area contributed by atoms with Crippen LogP contribution in [0.3, 0.4) is 0 Å². The third-order valence-corrected chi connectivity index (χ3v) is 2.42. The first kappa shape index (κ1) is 12.5. The number of aliphatic imine (C=N–C) groups is 1. The maximum absolute atomic E-state index is 4.24. The van der Waals surface area contributed by atoms with E-state index in [2.05, 4.69) is 39.4 Å². The average molecular weight is 223 g/mol. The molecule has 1 rings (SSSR count). The molecule has 1 aromatic heterocycles. The molecule has 0 fully saturated rings. The fourth-order valence-corrected chi connectivity index (χ4v) is 1.44. The molecule has 1 heterocycles. The van der Waals surface area contributed by atoms with E-state index in [0.29, 0.717) is 0 Å². The highest BCUT2D eigenvalue weighted by molar-refractivity contribution is 5.79. The monoisotopic (exact) mass is 223 g/mol. The summed E-state index contributed by atoms with van der Waals surface area (Å²) < 4.78 is 0. The smallest absolute Gasteiger partial charge is 0.193 e. The Labute approximate surface area is 97.0 Å². The number of nitrogens with zero attached hydrogens (tertiary/aromatic N) is 3. The average Bonchev–Trinajstić information content (AvgIpc) is 2.80. The first-order valence-electron chi connectivity index (χ1n) is 5.68. The molecule has 0 aliphatic heterocycles. The highest BCUT2D eigenvalue weighted by atomic mass is 15.3. The van der Waals surface area contributed by atoms with Crippen molar-refractivity contribution in [3.63, 3.8) is 0 Å². The Morgan fingerprint density at radius 2 is 2.44 bits per heavy atom. The third-order valence-electron chi connectivity index (χ3n) is 2.42. The second-order valence-corrected chi connectivity index (χ2v) is 3.76. The lowest BCUT2D eigenvalue weighted by atomic mass is 10.3. The normalized spacial score (nSPS) is 11.6. The lowest BCUT2D eigenvalue weighted by molar-refractivity contribution is 0.464. The van der Waals surface area contributed by atoms with Gasteiger partial charge in [0.15, 0.2) is 5.96 Å². The molecule has 0 aliphatic carbocycles. The van der Waals surface area contributed by atoms with Gasteiger partial charge in [0.1, 0.15) is 0 Å². The van der Waals surface area contributed by atoms with Crippen molar-refractivity contribution in [1.29, 1.82) is 0 Å². The van der Waals surface area contributed by atoms with Crippen LogP contribution in [-0.2, 0) is 6.54 Å². The van der Waals surface area contributed by atoms with Crippen LogP contribution in [0.25, 0.3) is 0 Å². The summed E-state index contributed by atoms with van der Waals surface area (Å²) in [4.78, 5) is 6.38. The molecule has 0 saturated carbocycles. The van der Waals surface area contributed by atoms with Gasteiger partial charge in [-0.15, -0.1) is 0 Å². The quantitative estimate of drug-likeness (QED) is 0.583.